The first-order valence-corrected chi connectivity index (χ1v) is 7.03. The Morgan fingerprint density at radius 2 is 2.05 bits per heavy atom. The lowest BCUT2D eigenvalue weighted by Gasteiger charge is -2.22. The fraction of sp³-hybridized carbons (Fsp3) is 0.562. The minimum atomic E-state index is -0.943. The van der Waals surface area contributed by atoms with Crippen LogP contribution in [0.2, 0.25) is 0 Å². The molecular formula is C16H25NO3. The molecule has 0 bridgehead atoms. The average molecular weight is 279 g/mol. The Bertz CT molecular complexity index is 455. The van der Waals surface area contributed by atoms with Crippen molar-refractivity contribution in [2.75, 3.05) is 13.2 Å². The van der Waals surface area contributed by atoms with E-state index in [2.05, 4.69) is 13.0 Å². The molecule has 1 unspecified atom stereocenters. The molecule has 0 aliphatic carbocycles. The van der Waals surface area contributed by atoms with Crippen molar-refractivity contribution in [2.24, 2.45) is 5.73 Å². The van der Waals surface area contributed by atoms with Gasteiger partial charge in [0.15, 0.2) is 0 Å². The summed E-state index contributed by atoms with van der Waals surface area (Å²) in [6.45, 7) is 8.43. The molecule has 0 fully saturated rings. The van der Waals surface area contributed by atoms with Gasteiger partial charge in [0.05, 0.1) is 13.2 Å². The van der Waals surface area contributed by atoms with E-state index in [1.807, 2.05) is 19.1 Å². The molecule has 0 amide bonds. The van der Waals surface area contributed by atoms with Crippen LogP contribution in [0, 0.1) is 13.8 Å². The molecule has 1 atom stereocenters. The number of nitrogens with two attached hydrogens (primary N) is 1. The van der Waals surface area contributed by atoms with Gasteiger partial charge in [0.1, 0.15) is 11.3 Å². The Hall–Kier alpha value is -1.55. The maximum atomic E-state index is 11.6. The fourth-order valence-corrected chi connectivity index (χ4v) is 1.98. The summed E-state index contributed by atoms with van der Waals surface area (Å²) in [6, 6.07) is 6.08. The van der Waals surface area contributed by atoms with Crippen LogP contribution in [-0.2, 0) is 9.53 Å². The highest BCUT2D eigenvalue weighted by molar-refractivity contribution is 5.79. The Morgan fingerprint density at radius 1 is 1.35 bits per heavy atom. The van der Waals surface area contributed by atoms with Gasteiger partial charge in [-0.15, -0.1) is 0 Å². The molecule has 1 rings (SSSR count). The topological polar surface area (TPSA) is 61.5 Å². The fourth-order valence-electron chi connectivity index (χ4n) is 1.98. The molecule has 2 N–H and O–H groups in total. The Labute approximate surface area is 121 Å². The van der Waals surface area contributed by atoms with Crippen molar-refractivity contribution in [3.63, 3.8) is 0 Å². The number of ether oxygens (including phenoxy) is 2. The van der Waals surface area contributed by atoms with Gasteiger partial charge in [-0.3, -0.25) is 4.79 Å². The standard InChI is InChI=1S/C16H25NO3/c1-5-19-15(18)16(4,17)9-6-10-20-14-8-7-12(2)11-13(14)3/h7-8,11H,5-6,9-10,17H2,1-4H3. The minimum Gasteiger partial charge on any atom is -0.493 e. The predicted molar refractivity (Wildman–Crippen MR) is 79.9 cm³/mol. The molecule has 0 spiro atoms. The van der Waals surface area contributed by atoms with Crippen LogP contribution in [0.5, 0.6) is 5.75 Å². The van der Waals surface area contributed by atoms with E-state index in [-0.39, 0.29) is 5.97 Å². The molecule has 0 heterocycles. The van der Waals surface area contributed by atoms with E-state index in [0.717, 1.165) is 11.3 Å². The van der Waals surface area contributed by atoms with E-state index in [0.29, 0.717) is 26.1 Å². The number of carbonyl (C=O) groups is 1. The van der Waals surface area contributed by atoms with Gasteiger partial charge < -0.3 is 15.2 Å². The maximum absolute atomic E-state index is 11.6. The van der Waals surface area contributed by atoms with Gasteiger partial charge in [0.25, 0.3) is 0 Å². The second-order valence-electron chi connectivity index (χ2n) is 5.36. The molecule has 1 aromatic carbocycles. The van der Waals surface area contributed by atoms with Gasteiger partial charge in [-0.05, 0) is 52.2 Å². The lowest BCUT2D eigenvalue weighted by Crippen LogP contribution is -2.46. The second-order valence-corrected chi connectivity index (χ2v) is 5.36. The van der Waals surface area contributed by atoms with Crippen molar-refractivity contribution in [1.29, 1.82) is 0 Å². The van der Waals surface area contributed by atoms with Crippen molar-refractivity contribution in [2.45, 2.75) is 46.1 Å². The molecule has 0 radical (unpaired) electrons. The van der Waals surface area contributed by atoms with Gasteiger partial charge in [0, 0.05) is 0 Å². The lowest BCUT2D eigenvalue weighted by molar-refractivity contribution is -0.149. The normalized spacial score (nSPS) is 13.7. The van der Waals surface area contributed by atoms with Crippen molar-refractivity contribution >= 4 is 5.97 Å². The number of hydrogen-bond donors (Lipinski definition) is 1. The van der Waals surface area contributed by atoms with Gasteiger partial charge in [-0.1, -0.05) is 17.7 Å². The van der Waals surface area contributed by atoms with Gasteiger partial charge in [-0.25, -0.2) is 0 Å². The molecule has 20 heavy (non-hydrogen) atoms. The highest BCUT2D eigenvalue weighted by Gasteiger charge is 2.29. The third kappa shape index (κ3) is 4.85. The van der Waals surface area contributed by atoms with Crippen LogP contribution >= 0.6 is 0 Å². The smallest absolute Gasteiger partial charge is 0.325 e. The van der Waals surface area contributed by atoms with E-state index < -0.39 is 5.54 Å². The summed E-state index contributed by atoms with van der Waals surface area (Å²) in [4.78, 5) is 11.6. The van der Waals surface area contributed by atoms with Crippen LogP contribution < -0.4 is 10.5 Å². The zero-order valence-corrected chi connectivity index (χ0v) is 12.9. The third-order valence-electron chi connectivity index (χ3n) is 3.17. The van der Waals surface area contributed by atoms with E-state index in [4.69, 9.17) is 15.2 Å². The van der Waals surface area contributed by atoms with Crippen LogP contribution in [0.3, 0.4) is 0 Å². The summed E-state index contributed by atoms with van der Waals surface area (Å²) in [5.41, 5.74) is 7.33. The highest BCUT2D eigenvalue weighted by Crippen LogP contribution is 2.19. The zero-order valence-electron chi connectivity index (χ0n) is 12.9. The number of carbonyl (C=O) groups excluding carboxylic acids is 1. The highest BCUT2D eigenvalue weighted by atomic mass is 16.5. The van der Waals surface area contributed by atoms with Gasteiger partial charge in [-0.2, -0.15) is 0 Å². The van der Waals surface area contributed by atoms with Gasteiger partial charge >= 0.3 is 5.97 Å². The van der Waals surface area contributed by atoms with Crippen LogP contribution in [-0.4, -0.2) is 24.7 Å². The molecule has 0 saturated carbocycles. The third-order valence-corrected chi connectivity index (χ3v) is 3.17. The van der Waals surface area contributed by atoms with E-state index in [1.54, 1.807) is 13.8 Å². The summed E-state index contributed by atoms with van der Waals surface area (Å²) in [7, 11) is 0. The minimum absolute atomic E-state index is 0.352. The number of hydrogen-bond acceptors (Lipinski definition) is 4. The second kappa shape index (κ2) is 7.29. The maximum Gasteiger partial charge on any atom is 0.325 e. The van der Waals surface area contributed by atoms with Crippen molar-refractivity contribution < 1.29 is 14.3 Å². The van der Waals surface area contributed by atoms with Crippen LogP contribution in [0.15, 0.2) is 18.2 Å². The molecular weight excluding hydrogens is 254 g/mol. The monoisotopic (exact) mass is 279 g/mol. The van der Waals surface area contributed by atoms with Gasteiger partial charge in [0.2, 0.25) is 0 Å². The Morgan fingerprint density at radius 3 is 2.65 bits per heavy atom. The molecule has 0 saturated heterocycles. The number of benzene rings is 1. The zero-order chi connectivity index (χ0) is 15.2. The number of aryl methyl sites for hydroxylation is 2. The molecule has 1 aromatic rings. The number of esters is 1. The van der Waals surface area contributed by atoms with Crippen LogP contribution in [0.4, 0.5) is 0 Å². The predicted octanol–water partition coefficient (Wildman–Crippen LogP) is 2.74. The van der Waals surface area contributed by atoms with E-state index in [9.17, 15) is 4.79 Å². The first kappa shape index (κ1) is 16.5. The first-order chi connectivity index (χ1) is 9.36. The van der Waals surface area contributed by atoms with Crippen molar-refractivity contribution in [1.82, 2.24) is 0 Å². The summed E-state index contributed by atoms with van der Waals surface area (Å²) in [5, 5.41) is 0. The number of rotatable bonds is 7. The molecule has 0 aliphatic rings. The van der Waals surface area contributed by atoms with Crippen molar-refractivity contribution in [3.05, 3.63) is 29.3 Å². The van der Waals surface area contributed by atoms with Crippen LogP contribution in [0.1, 0.15) is 37.8 Å². The molecule has 0 aromatic heterocycles. The van der Waals surface area contributed by atoms with Crippen molar-refractivity contribution in [3.8, 4) is 5.75 Å². The lowest BCUT2D eigenvalue weighted by atomic mass is 9.98. The van der Waals surface area contributed by atoms with Crippen LogP contribution in [0.25, 0.3) is 0 Å². The summed E-state index contributed by atoms with van der Waals surface area (Å²) < 4.78 is 10.7. The largest absolute Gasteiger partial charge is 0.493 e. The molecule has 0 aliphatic heterocycles. The molecule has 4 nitrogen and oxygen atoms in total. The summed E-state index contributed by atoms with van der Waals surface area (Å²) >= 11 is 0. The quantitative estimate of drug-likeness (QED) is 0.616. The Kier molecular flexibility index (Phi) is 6.02. The summed E-state index contributed by atoms with van der Waals surface area (Å²) in [6.07, 6.45) is 1.25. The average Bonchev–Trinajstić information content (AvgIpc) is 2.37. The Balaban J connectivity index is 2.39. The SMILES string of the molecule is CCOC(=O)C(C)(N)CCCOc1ccc(C)cc1C. The van der Waals surface area contributed by atoms with E-state index >= 15 is 0 Å². The van der Waals surface area contributed by atoms with E-state index in [1.165, 1.54) is 5.56 Å². The molecule has 4 heteroatoms. The first-order valence-electron chi connectivity index (χ1n) is 7.03. The summed E-state index contributed by atoms with van der Waals surface area (Å²) in [5.74, 6) is 0.525. The molecule has 112 valence electrons.